The highest BCUT2D eigenvalue weighted by Gasteiger charge is 2.19. The van der Waals surface area contributed by atoms with Gasteiger partial charge in [0.1, 0.15) is 5.75 Å². The lowest BCUT2D eigenvalue weighted by molar-refractivity contribution is -0.128. The molecule has 1 atom stereocenters. The number of benzene rings is 2. The van der Waals surface area contributed by atoms with Crippen molar-refractivity contribution in [2.24, 2.45) is 0 Å². The second-order valence-electron chi connectivity index (χ2n) is 5.57. The van der Waals surface area contributed by atoms with Gasteiger partial charge < -0.3 is 18.9 Å². The number of carbonyl (C=O) groups is 2. The summed E-state index contributed by atoms with van der Waals surface area (Å²) in [6.45, 7) is 1.55. The van der Waals surface area contributed by atoms with Crippen LogP contribution in [0.3, 0.4) is 0 Å². The summed E-state index contributed by atoms with van der Waals surface area (Å²) in [5.74, 6) is 0.371. The zero-order valence-electron chi connectivity index (χ0n) is 15.9. The minimum Gasteiger partial charge on any atom is -0.493 e. The molecule has 2 amide bonds. The quantitative estimate of drug-likeness (QED) is 0.684. The van der Waals surface area contributed by atoms with Gasteiger partial charge in [0.15, 0.2) is 17.6 Å². The molecule has 0 heterocycles. The molecule has 0 saturated carbocycles. The first-order valence-electron chi connectivity index (χ1n) is 8.22. The standard InChI is InChI=1S/C19H21ClN2O6/c1-11(28-14-7-5-13(20)6-8-14)18(23)21-22-19(24)12-9-15(25-2)17(27-4)16(10-12)26-3/h5-11H,1-4H3,(H,21,23)(H,22,24). The Morgan fingerprint density at radius 1 is 0.929 bits per heavy atom. The molecule has 9 heteroatoms. The van der Waals surface area contributed by atoms with Crippen LogP contribution in [0.5, 0.6) is 23.0 Å². The normalized spacial score (nSPS) is 11.2. The van der Waals surface area contributed by atoms with E-state index in [1.165, 1.54) is 33.5 Å². The van der Waals surface area contributed by atoms with Crippen LogP contribution in [-0.2, 0) is 4.79 Å². The van der Waals surface area contributed by atoms with Gasteiger partial charge in [0.05, 0.1) is 21.3 Å². The number of methoxy groups -OCH3 is 3. The van der Waals surface area contributed by atoms with E-state index in [1.54, 1.807) is 31.2 Å². The third kappa shape index (κ3) is 5.20. The van der Waals surface area contributed by atoms with E-state index in [0.717, 1.165) is 0 Å². The second-order valence-corrected chi connectivity index (χ2v) is 6.01. The summed E-state index contributed by atoms with van der Waals surface area (Å²) in [4.78, 5) is 24.5. The van der Waals surface area contributed by atoms with Crippen molar-refractivity contribution in [2.45, 2.75) is 13.0 Å². The maximum atomic E-state index is 12.4. The molecule has 0 aliphatic carbocycles. The van der Waals surface area contributed by atoms with Crippen molar-refractivity contribution in [2.75, 3.05) is 21.3 Å². The monoisotopic (exact) mass is 408 g/mol. The highest BCUT2D eigenvalue weighted by molar-refractivity contribution is 6.30. The Kier molecular flexibility index (Phi) is 7.34. The van der Waals surface area contributed by atoms with Crippen molar-refractivity contribution in [3.63, 3.8) is 0 Å². The van der Waals surface area contributed by atoms with Gasteiger partial charge in [-0.2, -0.15) is 0 Å². The van der Waals surface area contributed by atoms with Crippen LogP contribution < -0.4 is 29.8 Å². The molecule has 2 aromatic rings. The predicted octanol–water partition coefficient (Wildman–Crippen LogP) is 2.59. The van der Waals surface area contributed by atoms with Gasteiger partial charge in [0, 0.05) is 10.6 Å². The largest absolute Gasteiger partial charge is 0.493 e. The average molecular weight is 409 g/mol. The molecule has 150 valence electrons. The van der Waals surface area contributed by atoms with Crippen molar-refractivity contribution in [3.8, 4) is 23.0 Å². The summed E-state index contributed by atoms with van der Waals surface area (Å²) in [7, 11) is 4.34. The molecule has 8 nitrogen and oxygen atoms in total. The number of hydrogen-bond acceptors (Lipinski definition) is 6. The summed E-state index contributed by atoms with van der Waals surface area (Å²) in [5, 5.41) is 0.557. The summed E-state index contributed by atoms with van der Waals surface area (Å²) in [5.41, 5.74) is 4.85. The van der Waals surface area contributed by atoms with Crippen LogP contribution in [0.2, 0.25) is 5.02 Å². The van der Waals surface area contributed by atoms with Gasteiger partial charge >= 0.3 is 0 Å². The first-order valence-corrected chi connectivity index (χ1v) is 8.59. The number of hydrogen-bond donors (Lipinski definition) is 2. The summed E-state index contributed by atoms with van der Waals surface area (Å²) in [6, 6.07) is 9.51. The number of amides is 2. The number of halogens is 1. The lowest BCUT2D eigenvalue weighted by Crippen LogP contribution is -2.47. The van der Waals surface area contributed by atoms with Gasteiger partial charge in [0.25, 0.3) is 11.8 Å². The summed E-state index contributed by atoms with van der Waals surface area (Å²) >= 11 is 5.81. The van der Waals surface area contributed by atoms with Crippen molar-refractivity contribution in [1.82, 2.24) is 10.9 Å². The Labute approximate surface area is 167 Å². The molecular weight excluding hydrogens is 388 g/mol. The number of hydrazine groups is 1. The average Bonchev–Trinajstić information content (AvgIpc) is 2.71. The minimum absolute atomic E-state index is 0.209. The lowest BCUT2D eigenvalue weighted by Gasteiger charge is -2.16. The smallest absolute Gasteiger partial charge is 0.279 e. The molecule has 0 bridgehead atoms. The fourth-order valence-corrected chi connectivity index (χ4v) is 2.40. The fourth-order valence-electron chi connectivity index (χ4n) is 2.28. The van der Waals surface area contributed by atoms with E-state index in [0.29, 0.717) is 28.0 Å². The Morgan fingerprint density at radius 2 is 1.50 bits per heavy atom. The molecular formula is C19H21ClN2O6. The van der Waals surface area contributed by atoms with Crippen molar-refractivity contribution >= 4 is 23.4 Å². The van der Waals surface area contributed by atoms with Crippen LogP contribution in [-0.4, -0.2) is 39.2 Å². The van der Waals surface area contributed by atoms with Crippen LogP contribution in [0.4, 0.5) is 0 Å². The number of rotatable bonds is 7. The molecule has 0 aliphatic rings. The zero-order valence-corrected chi connectivity index (χ0v) is 16.6. The molecule has 0 fully saturated rings. The Balaban J connectivity index is 2.00. The molecule has 0 saturated heterocycles. The number of ether oxygens (including phenoxy) is 4. The van der Waals surface area contributed by atoms with Crippen LogP contribution in [0.1, 0.15) is 17.3 Å². The van der Waals surface area contributed by atoms with E-state index >= 15 is 0 Å². The van der Waals surface area contributed by atoms with Crippen LogP contribution in [0.25, 0.3) is 0 Å². The predicted molar refractivity (Wildman–Crippen MR) is 103 cm³/mol. The van der Waals surface area contributed by atoms with E-state index in [2.05, 4.69) is 10.9 Å². The van der Waals surface area contributed by atoms with Crippen LogP contribution in [0.15, 0.2) is 36.4 Å². The van der Waals surface area contributed by atoms with Gasteiger partial charge in [0.2, 0.25) is 5.75 Å². The molecule has 0 aromatic heterocycles. The van der Waals surface area contributed by atoms with Gasteiger partial charge in [-0.1, -0.05) is 11.6 Å². The number of carbonyl (C=O) groups excluding carboxylic acids is 2. The summed E-state index contributed by atoms with van der Waals surface area (Å²) in [6.07, 6.45) is -0.846. The van der Waals surface area contributed by atoms with E-state index in [1.807, 2.05) is 0 Å². The fraction of sp³-hybridized carbons (Fsp3) is 0.263. The van der Waals surface area contributed by atoms with Crippen LogP contribution >= 0.6 is 11.6 Å². The van der Waals surface area contributed by atoms with Crippen molar-refractivity contribution in [1.29, 1.82) is 0 Å². The molecule has 28 heavy (non-hydrogen) atoms. The van der Waals surface area contributed by atoms with Crippen LogP contribution in [0, 0.1) is 0 Å². The third-order valence-corrected chi connectivity index (χ3v) is 3.97. The molecule has 1 unspecified atom stereocenters. The van der Waals surface area contributed by atoms with Gasteiger partial charge in [-0.05, 0) is 43.3 Å². The molecule has 2 aromatic carbocycles. The molecule has 0 aliphatic heterocycles. The van der Waals surface area contributed by atoms with Crippen molar-refractivity contribution < 1.29 is 28.5 Å². The van der Waals surface area contributed by atoms with E-state index < -0.39 is 17.9 Å². The molecule has 2 rings (SSSR count). The van der Waals surface area contributed by atoms with E-state index in [9.17, 15) is 9.59 Å². The highest BCUT2D eigenvalue weighted by atomic mass is 35.5. The topological polar surface area (TPSA) is 95.1 Å². The van der Waals surface area contributed by atoms with Gasteiger partial charge in [-0.15, -0.1) is 0 Å². The Bertz CT molecular complexity index is 816. The first-order chi connectivity index (χ1) is 13.4. The Hall–Kier alpha value is -3.13. The van der Waals surface area contributed by atoms with Gasteiger partial charge in [-0.3, -0.25) is 20.4 Å². The zero-order chi connectivity index (χ0) is 20.7. The maximum absolute atomic E-state index is 12.4. The highest BCUT2D eigenvalue weighted by Crippen LogP contribution is 2.38. The summed E-state index contributed by atoms with van der Waals surface area (Å²) < 4.78 is 21.1. The molecule has 0 spiro atoms. The van der Waals surface area contributed by atoms with Crippen molar-refractivity contribution in [3.05, 3.63) is 47.0 Å². The lowest BCUT2D eigenvalue weighted by atomic mass is 10.1. The van der Waals surface area contributed by atoms with E-state index in [-0.39, 0.29) is 5.56 Å². The Morgan fingerprint density at radius 3 is 2.00 bits per heavy atom. The second kappa shape index (κ2) is 9.70. The molecule has 0 radical (unpaired) electrons. The first kappa shape index (κ1) is 21.2. The maximum Gasteiger partial charge on any atom is 0.279 e. The third-order valence-electron chi connectivity index (χ3n) is 3.72. The van der Waals surface area contributed by atoms with Gasteiger partial charge in [-0.25, -0.2) is 0 Å². The minimum atomic E-state index is -0.846. The SMILES string of the molecule is COc1cc(C(=O)NNC(=O)C(C)Oc2ccc(Cl)cc2)cc(OC)c1OC. The molecule has 2 N–H and O–H groups in total. The van der Waals surface area contributed by atoms with E-state index in [4.69, 9.17) is 30.5 Å². The number of nitrogens with one attached hydrogen (secondary N) is 2.